The van der Waals surface area contributed by atoms with Gasteiger partial charge in [-0.2, -0.15) is 18.4 Å². The molecule has 0 spiro atoms. The lowest BCUT2D eigenvalue weighted by Gasteiger charge is -2.38. The molecule has 6 nitrogen and oxygen atoms in total. The van der Waals surface area contributed by atoms with Crippen molar-refractivity contribution in [2.24, 2.45) is 0 Å². The lowest BCUT2D eigenvalue weighted by Crippen LogP contribution is -2.52. The zero-order valence-corrected chi connectivity index (χ0v) is 15.3. The molecule has 1 aromatic carbocycles. The zero-order chi connectivity index (χ0) is 19.6. The summed E-state index contributed by atoms with van der Waals surface area (Å²) in [5, 5.41) is 27.8. The predicted molar refractivity (Wildman–Crippen MR) is 90.9 cm³/mol. The van der Waals surface area contributed by atoms with E-state index >= 15 is 0 Å². The highest BCUT2D eigenvalue weighted by atomic mass is 19.4. The minimum atomic E-state index is -4.52. The minimum absolute atomic E-state index is 0.00303. The predicted octanol–water partition coefficient (Wildman–Crippen LogP) is 3.61. The number of hydrogen-bond acceptors (Lipinski definition) is 5. The molecule has 0 aliphatic carbocycles. The second-order valence-corrected chi connectivity index (χ2v) is 7.33. The van der Waals surface area contributed by atoms with Crippen molar-refractivity contribution in [3.8, 4) is 11.4 Å². The monoisotopic (exact) mass is 371 g/mol. The molecular formula is C17H24F3N5O. The summed E-state index contributed by atoms with van der Waals surface area (Å²) in [6.07, 6.45) is -2.68. The van der Waals surface area contributed by atoms with Crippen molar-refractivity contribution in [3.05, 3.63) is 29.3 Å². The smallest absolute Gasteiger partial charge is 0.372 e. The molecule has 0 fully saturated rings. The van der Waals surface area contributed by atoms with Gasteiger partial charge in [-0.15, -0.1) is 10.2 Å². The maximum atomic E-state index is 13.2. The van der Waals surface area contributed by atoms with Crippen LogP contribution >= 0.6 is 0 Å². The van der Waals surface area contributed by atoms with E-state index in [1.54, 1.807) is 0 Å². The fourth-order valence-electron chi connectivity index (χ4n) is 2.86. The van der Waals surface area contributed by atoms with Crippen LogP contribution in [0, 0.1) is 0 Å². The van der Waals surface area contributed by atoms with Gasteiger partial charge in [-0.3, -0.25) is 5.32 Å². The Morgan fingerprint density at radius 2 is 1.88 bits per heavy atom. The molecule has 0 saturated heterocycles. The molecule has 26 heavy (non-hydrogen) atoms. The van der Waals surface area contributed by atoms with Gasteiger partial charge in [0.25, 0.3) is 0 Å². The van der Waals surface area contributed by atoms with Gasteiger partial charge < -0.3 is 5.11 Å². The lowest BCUT2D eigenvalue weighted by atomic mass is 9.88. The van der Waals surface area contributed by atoms with Crippen LogP contribution in [-0.2, 0) is 11.9 Å². The Morgan fingerprint density at radius 3 is 2.38 bits per heavy atom. The number of nitrogens with zero attached hydrogens (tertiary/aromatic N) is 3. The number of H-pyrrole nitrogens is 1. The number of hydrogen-bond donors (Lipinski definition) is 3. The molecular weight excluding hydrogens is 347 g/mol. The van der Waals surface area contributed by atoms with Gasteiger partial charge in [0.15, 0.2) is 0 Å². The topological polar surface area (TPSA) is 86.7 Å². The van der Waals surface area contributed by atoms with E-state index in [0.717, 1.165) is 18.6 Å². The number of nitrogens with one attached hydrogen (secondary N) is 2. The summed E-state index contributed by atoms with van der Waals surface area (Å²) in [5.41, 5.74) is -2.47. The van der Waals surface area contributed by atoms with E-state index in [1.807, 2.05) is 27.7 Å². The van der Waals surface area contributed by atoms with Gasteiger partial charge in [-0.1, -0.05) is 19.4 Å². The molecule has 2 aromatic rings. The van der Waals surface area contributed by atoms with Crippen LogP contribution in [0.1, 0.15) is 58.1 Å². The van der Waals surface area contributed by atoms with Crippen LogP contribution in [0.3, 0.4) is 0 Å². The van der Waals surface area contributed by atoms with Gasteiger partial charge in [0.2, 0.25) is 5.82 Å². The molecule has 144 valence electrons. The largest absolute Gasteiger partial charge is 0.416 e. The van der Waals surface area contributed by atoms with Crippen molar-refractivity contribution in [2.45, 2.75) is 64.4 Å². The van der Waals surface area contributed by atoms with E-state index in [0.29, 0.717) is 12.8 Å². The Hall–Kier alpha value is -2.00. The molecule has 1 aromatic heterocycles. The van der Waals surface area contributed by atoms with Crippen molar-refractivity contribution in [1.29, 1.82) is 0 Å². The minimum Gasteiger partial charge on any atom is -0.372 e. The number of alkyl halides is 3. The van der Waals surface area contributed by atoms with E-state index < -0.39 is 23.0 Å². The summed E-state index contributed by atoms with van der Waals surface area (Å²) in [4.78, 5) is 0. The first kappa shape index (κ1) is 20.3. The molecule has 0 aliphatic rings. The highest BCUT2D eigenvalue weighted by Gasteiger charge is 2.38. The maximum absolute atomic E-state index is 13.2. The van der Waals surface area contributed by atoms with E-state index in [9.17, 15) is 18.3 Å². The van der Waals surface area contributed by atoms with Gasteiger partial charge in [0.1, 0.15) is 5.72 Å². The van der Waals surface area contributed by atoms with Crippen LogP contribution in [0.4, 0.5) is 13.2 Å². The third kappa shape index (κ3) is 4.79. The quantitative estimate of drug-likeness (QED) is 0.676. The summed E-state index contributed by atoms with van der Waals surface area (Å²) >= 11 is 0. The second kappa shape index (κ2) is 7.32. The fraction of sp³-hybridized carbons (Fsp3) is 0.588. The van der Waals surface area contributed by atoms with Crippen molar-refractivity contribution in [1.82, 2.24) is 25.9 Å². The molecule has 0 bridgehead atoms. The zero-order valence-electron chi connectivity index (χ0n) is 15.3. The Kier molecular flexibility index (Phi) is 5.72. The lowest BCUT2D eigenvalue weighted by molar-refractivity contribution is -0.137. The van der Waals surface area contributed by atoms with Crippen LogP contribution in [0.5, 0.6) is 0 Å². The highest BCUT2D eigenvalue weighted by molar-refractivity contribution is 5.62. The molecule has 3 N–H and O–H groups in total. The molecule has 1 unspecified atom stereocenters. The maximum Gasteiger partial charge on any atom is 0.416 e. The first-order valence-electron chi connectivity index (χ1n) is 8.43. The van der Waals surface area contributed by atoms with E-state index in [-0.39, 0.29) is 17.0 Å². The Balaban J connectivity index is 2.63. The number of benzene rings is 1. The molecule has 2 rings (SSSR count). The van der Waals surface area contributed by atoms with Gasteiger partial charge in [0.05, 0.1) is 5.56 Å². The fourth-order valence-corrected chi connectivity index (χ4v) is 2.86. The second-order valence-electron chi connectivity index (χ2n) is 7.33. The first-order chi connectivity index (χ1) is 12.0. The summed E-state index contributed by atoms with van der Waals surface area (Å²) < 4.78 is 39.5. The van der Waals surface area contributed by atoms with Crippen molar-refractivity contribution < 1.29 is 18.3 Å². The van der Waals surface area contributed by atoms with Crippen molar-refractivity contribution in [2.75, 3.05) is 0 Å². The van der Waals surface area contributed by atoms with Gasteiger partial charge >= 0.3 is 6.18 Å². The Morgan fingerprint density at radius 1 is 1.19 bits per heavy atom. The number of unbranched alkanes of at least 4 members (excludes halogenated alkanes) is 1. The average molecular weight is 371 g/mol. The Labute approximate surface area is 150 Å². The SMILES string of the molecule is CCCCC(O)(NC(C)(C)C)c1ccc(C(F)(F)F)cc1-c1nn[nH]n1. The molecule has 9 heteroatoms. The highest BCUT2D eigenvalue weighted by Crippen LogP contribution is 2.38. The van der Waals surface area contributed by atoms with Crippen LogP contribution < -0.4 is 5.32 Å². The molecule has 0 aliphatic heterocycles. The first-order valence-corrected chi connectivity index (χ1v) is 8.43. The summed E-state index contributed by atoms with van der Waals surface area (Å²) in [5.74, 6) is -0.00303. The molecule has 0 amide bonds. The number of halogens is 3. The normalized spacial score (nSPS) is 15.1. The number of aliphatic hydroxyl groups is 1. The average Bonchev–Trinajstić information content (AvgIpc) is 3.04. The van der Waals surface area contributed by atoms with Crippen molar-refractivity contribution >= 4 is 0 Å². The molecule has 1 heterocycles. The standard InChI is InChI=1S/C17H24F3N5O/c1-5-6-9-16(26,23-15(2,3)4)13-8-7-11(17(18,19)20)10-12(13)14-21-24-25-22-14/h7-8,10,23,26H,5-6,9H2,1-4H3,(H,21,22,24,25). The number of aromatic amines is 1. The van der Waals surface area contributed by atoms with Gasteiger partial charge in [-0.05, 0) is 51.0 Å². The van der Waals surface area contributed by atoms with Gasteiger partial charge in [0, 0.05) is 16.7 Å². The number of aromatic nitrogens is 4. The van der Waals surface area contributed by atoms with Crippen molar-refractivity contribution in [3.63, 3.8) is 0 Å². The third-order valence-corrected chi connectivity index (χ3v) is 3.85. The summed E-state index contributed by atoms with van der Waals surface area (Å²) in [7, 11) is 0. The van der Waals surface area contributed by atoms with Gasteiger partial charge in [-0.25, -0.2) is 0 Å². The summed E-state index contributed by atoms with van der Waals surface area (Å²) in [6, 6.07) is 3.19. The van der Waals surface area contributed by atoms with E-state index in [2.05, 4.69) is 25.9 Å². The van der Waals surface area contributed by atoms with E-state index in [1.165, 1.54) is 6.07 Å². The third-order valence-electron chi connectivity index (χ3n) is 3.85. The number of tetrazole rings is 1. The number of rotatable bonds is 6. The Bertz CT molecular complexity index is 725. The van der Waals surface area contributed by atoms with Crippen LogP contribution in [-0.4, -0.2) is 31.3 Å². The van der Waals surface area contributed by atoms with Crippen LogP contribution in [0.25, 0.3) is 11.4 Å². The molecule has 1 atom stereocenters. The molecule has 0 saturated carbocycles. The van der Waals surface area contributed by atoms with E-state index in [4.69, 9.17) is 0 Å². The summed E-state index contributed by atoms with van der Waals surface area (Å²) in [6.45, 7) is 7.61. The van der Waals surface area contributed by atoms with Crippen LogP contribution in [0.2, 0.25) is 0 Å². The molecule has 0 radical (unpaired) electrons. The van der Waals surface area contributed by atoms with Crippen LogP contribution in [0.15, 0.2) is 18.2 Å².